The molecule has 0 aromatic heterocycles. The smallest absolute Gasteiger partial charge is 0.211 e. The molecule has 0 atom stereocenters. The highest BCUT2D eigenvalue weighted by Crippen LogP contribution is 1.95. The van der Waals surface area contributed by atoms with Crippen molar-refractivity contribution in [2.45, 2.75) is 13.8 Å². The molecule has 6 nitrogen and oxygen atoms in total. The molecule has 0 rings (SSSR count). The molecule has 0 spiro atoms. The summed E-state index contributed by atoms with van der Waals surface area (Å²) >= 11 is 0. The van der Waals surface area contributed by atoms with Crippen molar-refractivity contribution < 1.29 is 16.8 Å². The van der Waals surface area contributed by atoms with Crippen LogP contribution in [-0.2, 0) is 20.0 Å². The first kappa shape index (κ1) is 12.8. The van der Waals surface area contributed by atoms with Gasteiger partial charge in [-0.15, -0.1) is 9.25 Å². The number of nitrogens with zero attached hydrogens (tertiary/aromatic N) is 1. The molecule has 0 bridgehead atoms. The van der Waals surface area contributed by atoms with E-state index in [9.17, 15) is 16.8 Å². The van der Waals surface area contributed by atoms with Gasteiger partial charge in [0.15, 0.2) is 0 Å². The SMILES string of the molecule is CCS(=O)(=O)NN(C)S(=O)(=O)CC. The number of nitrogens with one attached hydrogen (secondary N) is 1. The Morgan fingerprint density at radius 3 is 1.85 bits per heavy atom. The molecule has 0 fully saturated rings. The van der Waals surface area contributed by atoms with Gasteiger partial charge in [0.05, 0.1) is 11.5 Å². The van der Waals surface area contributed by atoms with Crippen LogP contribution in [0.4, 0.5) is 0 Å². The molecule has 0 aromatic rings. The largest absolute Gasteiger partial charge is 0.227 e. The molecule has 0 heterocycles. The van der Waals surface area contributed by atoms with Crippen LogP contribution in [0.1, 0.15) is 13.8 Å². The Morgan fingerprint density at radius 1 is 1.08 bits per heavy atom. The van der Waals surface area contributed by atoms with Gasteiger partial charge in [0, 0.05) is 7.05 Å². The normalized spacial score (nSPS) is 13.5. The van der Waals surface area contributed by atoms with Crippen LogP contribution in [0, 0.1) is 0 Å². The van der Waals surface area contributed by atoms with E-state index in [1.54, 1.807) is 0 Å². The van der Waals surface area contributed by atoms with E-state index in [1.165, 1.54) is 13.8 Å². The van der Waals surface area contributed by atoms with Crippen molar-refractivity contribution in [1.82, 2.24) is 9.25 Å². The third-order valence-corrected chi connectivity index (χ3v) is 4.51. The third kappa shape index (κ3) is 4.03. The van der Waals surface area contributed by atoms with Gasteiger partial charge < -0.3 is 0 Å². The zero-order valence-electron chi connectivity index (χ0n) is 7.81. The van der Waals surface area contributed by atoms with Crippen LogP contribution >= 0.6 is 0 Å². The van der Waals surface area contributed by atoms with Gasteiger partial charge in [0.25, 0.3) is 0 Å². The maximum absolute atomic E-state index is 11.1. The molecular formula is C5H14N2O4S2. The average Bonchev–Trinajstić information content (AvgIpc) is 2.04. The third-order valence-electron chi connectivity index (χ3n) is 1.43. The van der Waals surface area contributed by atoms with Crippen LogP contribution in [0.2, 0.25) is 0 Å². The van der Waals surface area contributed by atoms with Gasteiger partial charge in [-0.05, 0) is 13.8 Å². The molecule has 0 aliphatic carbocycles. The van der Waals surface area contributed by atoms with Crippen molar-refractivity contribution in [1.29, 1.82) is 0 Å². The number of rotatable bonds is 5. The van der Waals surface area contributed by atoms with Crippen LogP contribution in [0.15, 0.2) is 0 Å². The number of sulfonamides is 2. The lowest BCUT2D eigenvalue weighted by Crippen LogP contribution is -2.44. The van der Waals surface area contributed by atoms with E-state index in [1.807, 2.05) is 4.83 Å². The Balaban J connectivity index is 4.60. The van der Waals surface area contributed by atoms with E-state index in [-0.39, 0.29) is 11.5 Å². The highest BCUT2D eigenvalue weighted by Gasteiger charge is 2.19. The lowest BCUT2D eigenvalue weighted by atomic mass is 11.0. The van der Waals surface area contributed by atoms with Crippen molar-refractivity contribution in [2.75, 3.05) is 18.6 Å². The summed E-state index contributed by atoms with van der Waals surface area (Å²) in [7, 11) is -5.85. The summed E-state index contributed by atoms with van der Waals surface area (Å²) in [4.78, 5) is 1.91. The standard InChI is InChI=1S/C5H14N2O4S2/c1-4-12(8,9)6-7(3)13(10,11)5-2/h6H,4-5H2,1-3H3. The zero-order chi connectivity index (χ0) is 10.7. The molecule has 0 aromatic carbocycles. The summed E-state index contributed by atoms with van der Waals surface area (Å²) in [6.07, 6.45) is 0. The molecule has 80 valence electrons. The summed E-state index contributed by atoms with van der Waals surface area (Å²) in [5.74, 6) is -0.299. The topological polar surface area (TPSA) is 83.6 Å². The second-order valence-corrected chi connectivity index (χ2v) is 6.64. The minimum Gasteiger partial charge on any atom is -0.211 e. The Labute approximate surface area is 79.0 Å². The average molecular weight is 230 g/mol. The van der Waals surface area contributed by atoms with E-state index in [2.05, 4.69) is 0 Å². The first-order valence-electron chi connectivity index (χ1n) is 3.72. The Hall–Kier alpha value is -0.180. The lowest BCUT2D eigenvalue weighted by molar-refractivity contribution is 0.433. The van der Waals surface area contributed by atoms with Gasteiger partial charge in [-0.25, -0.2) is 16.8 Å². The van der Waals surface area contributed by atoms with Crippen molar-refractivity contribution in [3.63, 3.8) is 0 Å². The number of hydrazine groups is 1. The molecule has 8 heteroatoms. The maximum atomic E-state index is 11.1. The lowest BCUT2D eigenvalue weighted by Gasteiger charge is -2.16. The van der Waals surface area contributed by atoms with Crippen molar-refractivity contribution in [3.8, 4) is 0 Å². The van der Waals surface area contributed by atoms with E-state index in [0.717, 1.165) is 7.05 Å². The van der Waals surface area contributed by atoms with Crippen LogP contribution in [0.5, 0.6) is 0 Å². The number of hydrogen-bond donors (Lipinski definition) is 1. The summed E-state index contributed by atoms with van der Waals surface area (Å²) < 4.78 is 44.7. The molecule has 0 unspecified atom stereocenters. The maximum Gasteiger partial charge on any atom is 0.227 e. The molecule has 0 aliphatic heterocycles. The first-order valence-corrected chi connectivity index (χ1v) is 6.98. The van der Waals surface area contributed by atoms with Crippen molar-refractivity contribution in [2.24, 2.45) is 0 Å². The minimum absolute atomic E-state index is 0.143. The van der Waals surface area contributed by atoms with Crippen molar-refractivity contribution >= 4 is 20.0 Å². The van der Waals surface area contributed by atoms with Crippen LogP contribution in [-0.4, -0.2) is 39.8 Å². The Kier molecular flexibility index (Phi) is 4.30. The quantitative estimate of drug-likeness (QED) is 0.622. The summed E-state index contributed by atoms with van der Waals surface area (Å²) in [5.41, 5.74) is 0. The molecule has 0 radical (unpaired) electrons. The van der Waals surface area contributed by atoms with Crippen LogP contribution in [0.25, 0.3) is 0 Å². The van der Waals surface area contributed by atoms with Crippen LogP contribution in [0.3, 0.4) is 0 Å². The highest BCUT2D eigenvalue weighted by atomic mass is 32.2. The molecule has 0 aliphatic rings. The van der Waals surface area contributed by atoms with Crippen LogP contribution < -0.4 is 4.83 Å². The molecule has 0 saturated heterocycles. The Morgan fingerprint density at radius 2 is 1.54 bits per heavy atom. The van der Waals surface area contributed by atoms with Gasteiger partial charge >= 0.3 is 0 Å². The molecule has 1 N–H and O–H groups in total. The van der Waals surface area contributed by atoms with E-state index < -0.39 is 20.0 Å². The fourth-order valence-electron chi connectivity index (χ4n) is 0.511. The molecule has 0 saturated carbocycles. The monoisotopic (exact) mass is 230 g/mol. The fourth-order valence-corrected chi connectivity index (χ4v) is 2.21. The predicted octanol–water partition coefficient (Wildman–Crippen LogP) is -0.878. The van der Waals surface area contributed by atoms with E-state index in [4.69, 9.17) is 0 Å². The van der Waals surface area contributed by atoms with E-state index in [0.29, 0.717) is 4.41 Å². The second kappa shape index (κ2) is 4.36. The molecule has 13 heavy (non-hydrogen) atoms. The summed E-state index contributed by atoms with van der Waals surface area (Å²) in [6, 6.07) is 0. The Bertz CT molecular complexity index is 345. The molecule has 0 amide bonds. The zero-order valence-corrected chi connectivity index (χ0v) is 9.44. The van der Waals surface area contributed by atoms with Gasteiger partial charge in [-0.2, -0.15) is 0 Å². The minimum atomic E-state index is -3.52. The van der Waals surface area contributed by atoms with Gasteiger partial charge in [0.2, 0.25) is 20.0 Å². The van der Waals surface area contributed by atoms with Gasteiger partial charge in [-0.1, -0.05) is 0 Å². The summed E-state index contributed by atoms with van der Waals surface area (Å²) in [6.45, 7) is 2.86. The van der Waals surface area contributed by atoms with Gasteiger partial charge in [0.1, 0.15) is 0 Å². The number of hydrogen-bond acceptors (Lipinski definition) is 4. The molecular weight excluding hydrogens is 216 g/mol. The second-order valence-electron chi connectivity index (χ2n) is 2.36. The first-order chi connectivity index (χ1) is 5.75. The summed E-state index contributed by atoms with van der Waals surface area (Å²) in [5, 5.41) is 0. The highest BCUT2D eigenvalue weighted by molar-refractivity contribution is 7.92. The van der Waals surface area contributed by atoms with Gasteiger partial charge in [-0.3, -0.25) is 0 Å². The fraction of sp³-hybridized carbons (Fsp3) is 1.00. The van der Waals surface area contributed by atoms with E-state index >= 15 is 0 Å². The predicted molar refractivity (Wildman–Crippen MR) is 49.8 cm³/mol. The van der Waals surface area contributed by atoms with Crippen molar-refractivity contribution in [3.05, 3.63) is 0 Å².